The Hall–Kier alpha value is -1.50. The van der Waals surface area contributed by atoms with Crippen molar-refractivity contribution in [3.05, 3.63) is 12.7 Å². The summed E-state index contributed by atoms with van der Waals surface area (Å²) in [6.45, 7) is 4.14. The van der Waals surface area contributed by atoms with Crippen LogP contribution in [0.15, 0.2) is 12.7 Å². The van der Waals surface area contributed by atoms with E-state index in [1.165, 1.54) is 12.7 Å². The molecule has 0 spiro atoms. The molecule has 2 aromatic heterocycles. The number of rotatable bonds is 6. The molecule has 0 fully saturated rings. The molecule has 2 heterocycles. The molecular weight excluding hydrogens is 269 g/mol. The molecule has 0 bridgehead atoms. The summed E-state index contributed by atoms with van der Waals surface area (Å²) in [5.74, 6) is 0.284. The molecule has 8 nitrogen and oxygen atoms in total. The number of hydrogen-bond acceptors (Lipinski definition) is 7. The zero-order valence-corrected chi connectivity index (χ0v) is 11.7. The second kappa shape index (κ2) is 5.64. The average molecular weight is 285 g/mol. The first-order valence-electron chi connectivity index (χ1n) is 5.89. The first-order chi connectivity index (χ1) is 9.09. The maximum atomic E-state index is 12.4. The number of aromatic nitrogens is 4. The lowest BCUT2D eigenvalue weighted by Crippen LogP contribution is -2.05. The lowest BCUT2D eigenvalue weighted by atomic mass is 10.5. The van der Waals surface area contributed by atoms with Gasteiger partial charge < -0.3 is 19.3 Å². The third-order valence-electron chi connectivity index (χ3n) is 2.41. The topological polar surface area (TPSA) is 105 Å². The minimum absolute atomic E-state index is 0.0433. The Balaban J connectivity index is 2.34. The van der Waals surface area contributed by atoms with Crippen LogP contribution in [0.4, 0.5) is 5.82 Å². The molecule has 0 aromatic carbocycles. The van der Waals surface area contributed by atoms with Crippen molar-refractivity contribution >= 4 is 24.6 Å². The van der Waals surface area contributed by atoms with Gasteiger partial charge >= 0.3 is 7.60 Å². The smallest absolute Gasteiger partial charge is 0.350 e. The van der Waals surface area contributed by atoms with Crippen molar-refractivity contribution in [1.82, 2.24) is 19.5 Å². The molecule has 2 N–H and O–H groups in total. The van der Waals surface area contributed by atoms with Crippen molar-refractivity contribution in [2.75, 3.05) is 18.9 Å². The SMILES string of the molecule is CCOP(=O)(Cn1cnc2c(N)ncnc21)OCC. The number of hydrogen-bond donors (Lipinski definition) is 1. The van der Waals surface area contributed by atoms with Gasteiger partial charge in [-0.3, -0.25) is 4.57 Å². The predicted octanol–water partition coefficient (Wildman–Crippen LogP) is 1.63. The van der Waals surface area contributed by atoms with E-state index in [1.807, 2.05) is 0 Å². The maximum Gasteiger partial charge on any atom is 0.350 e. The molecule has 19 heavy (non-hydrogen) atoms. The summed E-state index contributed by atoms with van der Waals surface area (Å²) in [7, 11) is -3.21. The zero-order valence-electron chi connectivity index (χ0n) is 10.8. The van der Waals surface area contributed by atoms with Gasteiger partial charge in [-0.2, -0.15) is 0 Å². The van der Waals surface area contributed by atoms with Gasteiger partial charge in [-0.15, -0.1) is 0 Å². The van der Waals surface area contributed by atoms with Crippen LogP contribution in [0.2, 0.25) is 0 Å². The van der Waals surface area contributed by atoms with Gasteiger partial charge in [0.05, 0.1) is 19.5 Å². The van der Waals surface area contributed by atoms with Gasteiger partial charge in [-0.1, -0.05) is 0 Å². The molecule has 0 saturated heterocycles. The molecular formula is C10H16N5O3P. The molecule has 0 aliphatic heterocycles. The van der Waals surface area contributed by atoms with E-state index in [1.54, 1.807) is 18.4 Å². The van der Waals surface area contributed by atoms with Crippen LogP contribution in [-0.2, 0) is 19.9 Å². The van der Waals surface area contributed by atoms with Crippen LogP contribution in [0.1, 0.15) is 13.8 Å². The van der Waals surface area contributed by atoms with E-state index in [9.17, 15) is 4.57 Å². The second-order valence-electron chi connectivity index (χ2n) is 3.73. The van der Waals surface area contributed by atoms with Crippen molar-refractivity contribution in [3.8, 4) is 0 Å². The fourth-order valence-electron chi connectivity index (χ4n) is 1.70. The Morgan fingerprint density at radius 3 is 2.58 bits per heavy atom. The summed E-state index contributed by atoms with van der Waals surface area (Å²) in [4.78, 5) is 12.0. The van der Waals surface area contributed by atoms with Crippen LogP contribution in [0.3, 0.4) is 0 Å². The Morgan fingerprint density at radius 2 is 1.95 bits per heavy atom. The highest BCUT2D eigenvalue weighted by Gasteiger charge is 2.25. The number of fused-ring (bicyclic) bond motifs is 1. The minimum atomic E-state index is -3.21. The summed E-state index contributed by atoms with van der Waals surface area (Å²) in [5.41, 5.74) is 6.67. The average Bonchev–Trinajstić information content (AvgIpc) is 2.74. The van der Waals surface area contributed by atoms with Crippen molar-refractivity contribution in [2.24, 2.45) is 0 Å². The Bertz CT molecular complexity index is 604. The highest BCUT2D eigenvalue weighted by molar-refractivity contribution is 7.52. The first kappa shape index (κ1) is 13.9. The van der Waals surface area contributed by atoms with Crippen LogP contribution in [0, 0.1) is 0 Å². The van der Waals surface area contributed by atoms with E-state index in [-0.39, 0.29) is 12.1 Å². The van der Waals surface area contributed by atoms with E-state index >= 15 is 0 Å². The Morgan fingerprint density at radius 1 is 1.26 bits per heavy atom. The lowest BCUT2D eigenvalue weighted by Gasteiger charge is -2.17. The van der Waals surface area contributed by atoms with Gasteiger partial charge in [-0.25, -0.2) is 15.0 Å². The van der Waals surface area contributed by atoms with Crippen molar-refractivity contribution < 1.29 is 13.6 Å². The summed E-state index contributed by atoms with van der Waals surface area (Å²) in [6, 6.07) is 0. The molecule has 0 atom stereocenters. The van der Waals surface area contributed by atoms with Gasteiger partial charge in [-0.05, 0) is 13.8 Å². The van der Waals surface area contributed by atoms with Crippen molar-refractivity contribution in [2.45, 2.75) is 20.1 Å². The molecule has 2 aromatic rings. The number of imidazole rings is 1. The maximum absolute atomic E-state index is 12.4. The highest BCUT2D eigenvalue weighted by atomic mass is 31.2. The third kappa shape index (κ3) is 2.91. The summed E-state index contributed by atoms with van der Waals surface area (Å²) in [5, 5.41) is 0. The number of nitrogens with zero attached hydrogens (tertiary/aromatic N) is 4. The second-order valence-corrected chi connectivity index (χ2v) is 5.75. The van der Waals surface area contributed by atoms with E-state index in [0.29, 0.717) is 24.4 Å². The van der Waals surface area contributed by atoms with Gasteiger partial charge in [0.25, 0.3) is 0 Å². The Kier molecular flexibility index (Phi) is 4.14. The largest absolute Gasteiger partial charge is 0.382 e. The van der Waals surface area contributed by atoms with E-state index < -0.39 is 7.60 Å². The molecule has 0 aliphatic carbocycles. The van der Waals surface area contributed by atoms with Gasteiger partial charge in [0.1, 0.15) is 18.1 Å². The monoisotopic (exact) mass is 285 g/mol. The van der Waals surface area contributed by atoms with Crippen LogP contribution >= 0.6 is 7.60 Å². The van der Waals surface area contributed by atoms with E-state index in [0.717, 1.165) is 0 Å². The molecule has 0 amide bonds. The summed E-state index contributed by atoms with van der Waals surface area (Å²) in [6.07, 6.45) is 2.88. The number of anilines is 1. The Labute approximate surface area is 110 Å². The normalized spacial score (nSPS) is 12.1. The molecule has 0 aliphatic rings. The van der Waals surface area contributed by atoms with Crippen LogP contribution in [-0.4, -0.2) is 32.7 Å². The molecule has 104 valence electrons. The van der Waals surface area contributed by atoms with E-state index in [2.05, 4.69) is 15.0 Å². The summed E-state index contributed by atoms with van der Waals surface area (Å²) >= 11 is 0. The fourth-order valence-corrected chi connectivity index (χ4v) is 3.31. The van der Waals surface area contributed by atoms with Crippen LogP contribution in [0.5, 0.6) is 0 Å². The molecule has 9 heteroatoms. The van der Waals surface area contributed by atoms with Crippen molar-refractivity contribution in [3.63, 3.8) is 0 Å². The zero-order chi connectivity index (χ0) is 13.9. The van der Waals surface area contributed by atoms with E-state index in [4.69, 9.17) is 14.8 Å². The first-order valence-corrected chi connectivity index (χ1v) is 7.62. The highest BCUT2D eigenvalue weighted by Crippen LogP contribution is 2.50. The van der Waals surface area contributed by atoms with Gasteiger partial charge in [0.15, 0.2) is 11.5 Å². The standard InChI is InChI=1S/C10H16N5O3P/c1-3-17-19(16,18-4-2)7-15-6-14-8-9(11)12-5-13-10(8)15/h5-6H,3-4,7H2,1-2H3,(H2,11,12,13). The summed E-state index contributed by atoms with van der Waals surface area (Å²) < 4.78 is 24.5. The fraction of sp³-hybridized carbons (Fsp3) is 0.500. The quantitative estimate of drug-likeness (QED) is 0.804. The number of nitrogens with two attached hydrogens (primary N) is 1. The lowest BCUT2D eigenvalue weighted by molar-refractivity contribution is 0.214. The molecule has 0 unspecified atom stereocenters. The minimum Gasteiger partial charge on any atom is -0.382 e. The van der Waals surface area contributed by atoms with Crippen LogP contribution < -0.4 is 5.73 Å². The van der Waals surface area contributed by atoms with Crippen molar-refractivity contribution in [1.29, 1.82) is 0 Å². The van der Waals surface area contributed by atoms with Gasteiger partial charge in [0, 0.05) is 0 Å². The van der Waals surface area contributed by atoms with Crippen LogP contribution in [0.25, 0.3) is 11.2 Å². The predicted molar refractivity (Wildman–Crippen MR) is 70.6 cm³/mol. The molecule has 0 saturated carbocycles. The number of nitrogen functional groups attached to an aromatic ring is 1. The molecule has 2 rings (SSSR count). The molecule has 0 radical (unpaired) electrons. The third-order valence-corrected chi connectivity index (χ3v) is 4.36. The van der Waals surface area contributed by atoms with Gasteiger partial charge in [0.2, 0.25) is 0 Å².